The van der Waals surface area contributed by atoms with Gasteiger partial charge >= 0.3 is 11.1 Å². The topological polar surface area (TPSA) is 97.4 Å². The normalized spacial score (nSPS) is 13.5. The summed E-state index contributed by atoms with van der Waals surface area (Å²) in [6.07, 6.45) is 2.90. The van der Waals surface area contributed by atoms with E-state index in [2.05, 4.69) is 11.6 Å². The van der Waals surface area contributed by atoms with Crippen LogP contribution in [0.3, 0.4) is 0 Å². The van der Waals surface area contributed by atoms with Crippen LogP contribution in [-0.4, -0.2) is 43.1 Å². The molecular weight excluding hydrogens is 528 g/mol. The van der Waals surface area contributed by atoms with E-state index < -0.39 is 11.1 Å². The third kappa shape index (κ3) is 4.46. The predicted octanol–water partition coefficient (Wildman–Crippen LogP) is 4.43. The summed E-state index contributed by atoms with van der Waals surface area (Å²) in [7, 11) is 0. The molecule has 1 saturated heterocycles. The van der Waals surface area contributed by atoms with Gasteiger partial charge in [0.05, 0.1) is 28.3 Å². The molecule has 2 aromatic heterocycles. The number of carbonyl (C=O) groups excluding carboxylic acids is 1. The number of rotatable bonds is 6. The maximum absolute atomic E-state index is 13.6. The predicted molar refractivity (Wildman–Crippen MR) is 156 cm³/mol. The van der Waals surface area contributed by atoms with E-state index in [-0.39, 0.29) is 30.7 Å². The van der Waals surface area contributed by atoms with Gasteiger partial charge in [-0.2, -0.15) is 0 Å². The molecule has 1 fully saturated rings. The van der Waals surface area contributed by atoms with Gasteiger partial charge in [-0.3, -0.25) is 23.9 Å². The van der Waals surface area contributed by atoms with Gasteiger partial charge in [-0.25, -0.2) is 0 Å². The van der Waals surface area contributed by atoms with E-state index in [0.717, 1.165) is 10.8 Å². The summed E-state index contributed by atoms with van der Waals surface area (Å²) >= 11 is 6.87. The van der Waals surface area contributed by atoms with Crippen molar-refractivity contribution < 1.29 is 9.90 Å². The van der Waals surface area contributed by atoms with Crippen LogP contribution in [0.15, 0.2) is 95.2 Å². The van der Waals surface area contributed by atoms with Crippen LogP contribution in [0.1, 0.15) is 5.69 Å². The maximum atomic E-state index is 13.6. The number of phenolic OH excluding ortho intramolecular Hbond substituents is 1. The zero-order valence-electron chi connectivity index (χ0n) is 21.5. The fourth-order valence-corrected chi connectivity index (χ4v) is 5.66. The monoisotopic (exact) mass is 552 g/mol. The lowest BCUT2D eigenvalue weighted by Gasteiger charge is -2.39. The molecule has 0 atom stereocenters. The maximum Gasteiger partial charge on any atom is 0.317 e. The van der Waals surface area contributed by atoms with E-state index >= 15 is 0 Å². The number of fused-ring (bicyclic) bond motifs is 2. The summed E-state index contributed by atoms with van der Waals surface area (Å²) in [6, 6.07) is 19.9. The summed E-state index contributed by atoms with van der Waals surface area (Å²) in [5.41, 5.74) is 1.63. The van der Waals surface area contributed by atoms with Crippen molar-refractivity contribution in [2.75, 3.05) is 13.1 Å². The minimum Gasteiger partial charge on any atom is -0.508 e. The van der Waals surface area contributed by atoms with Gasteiger partial charge in [-0.1, -0.05) is 48.5 Å². The summed E-state index contributed by atoms with van der Waals surface area (Å²) in [5, 5.41) is 12.6. The first-order valence-corrected chi connectivity index (χ1v) is 13.2. The molecule has 0 unspecified atom stereocenters. The number of likely N-dealkylation sites (tertiary alicyclic amines) is 1. The van der Waals surface area contributed by atoms with Crippen molar-refractivity contribution in [1.29, 1.82) is 0 Å². The molecule has 0 saturated carbocycles. The molecule has 3 heterocycles. The average Bonchev–Trinajstić information content (AvgIpc) is 2.94. The highest BCUT2D eigenvalue weighted by Crippen LogP contribution is 2.38. The zero-order valence-corrected chi connectivity index (χ0v) is 22.2. The number of halogens is 1. The number of amides is 1. The van der Waals surface area contributed by atoms with E-state index in [1.807, 2.05) is 30.3 Å². The molecule has 40 heavy (non-hydrogen) atoms. The van der Waals surface area contributed by atoms with Gasteiger partial charge < -0.3 is 14.6 Å². The molecule has 1 amide bonds. The Bertz CT molecular complexity index is 1920. The van der Waals surface area contributed by atoms with E-state index in [0.29, 0.717) is 46.0 Å². The van der Waals surface area contributed by atoms with Crippen LogP contribution in [0.2, 0.25) is 5.02 Å². The highest BCUT2D eigenvalue weighted by atomic mass is 35.5. The van der Waals surface area contributed by atoms with Gasteiger partial charge in [-0.05, 0) is 58.8 Å². The Hall–Kier alpha value is -4.69. The first-order chi connectivity index (χ1) is 19.3. The minimum atomic E-state index is -0.675. The first kappa shape index (κ1) is 25.6. The summed E-state index contributed by atoms with van der Waals surface area (Å²) in [6.45, 7) is 4.82. The summed E-state index contributed by atoms with van der Waals surface area (Å²) in [5.74, 6) is -0.0705. The average molecular weight is 553 g/mol. The third-order valence-electron chi connectivity index (χ3n) is 7.39. The molecule has 0 bridgehead atoms. The van der Waals surface area contributed by atoms with Crippen molar-refractivity contribution in [1.82, 2.24) is 19.0 Å². The summed E-state index contributed by atoms with van der Waals surface area (Å²) in [4.78, 5) is 44.9. The Morgan fingerprint density at radius 1 is 0.975 bits per heavy atom. The van der Waals surface area contributed by atoms with Crippen molar-refractivity contribution in [2.24, 2.45) is 5.92 Å². The number of nitrogens with zero attached hydrogens (tertiary/aromatic N) is 4. The van der Waals surface area contributed by atoms with Crippen LogP contribution in [-0.2, 0) is 17.9 Å². The molecule has 1 aliphatic rings. The van der Waals surface area contributed by atoms with E-state index in [4.69, 9.17) is 11.6 Å². The number of hydrogen-bond acceptors (Lipinski definition) is 5. The number of phenols is 1. The van der Waals surface area contributed by atoms with Crippen molar-refractivity contribution in [2.45, 2.75) is 13.1 Å². The van der Waals surface area contributed by atoms with Crippen LogP contribution in [0.5, 0.6) is 5.75 Å². The third-order valence-corrected chi connectivity index (χ3v) is 7.70. The first-order valence-electron chi connectivity index (χ1n) is 12.8. The highest BCUT2D eigenvalue weighted by molar-refractivity contribution is 6.34. The molecule has 1 N–H and O–H groups in total. The summed E-state index contributed by atoms with van der Waals surface area (Å²) < 4.78 is 2.89. The smallest absolute Gasteiger partial charge is 0.317 e. The fraction of sp³-hybridized carbons (Fsp3) is 0.161. The Kier molecular flexibility index (Phi) is 6.48. The van der Waals surface area contributed by atoms with Crippen molar-refractivity contribution in [3.05, 3.63) is 117 Å². The number of aromatic nitrogens is 3. The SMILES string of the molecule is C=CC(=O)N1CC(Cn2c(=O)c(=O)n(Cc3ccccn3)c3cc(-c4cc(O)cc5ccccc45)c(Cl)cc32)C1. The Balaban J connectivity index is 1.56. The second kappa shape index (κ2) is 10.1. The second-order valence-corrected chi connectivity index (χ2v) is 10.4. The van der Waals surface area contributed by atoms with Crippen molar-refractivity contribution in [3.8, 4) is 16.9 Å². The van der Waals surface area contributed by atoms with Gasteiger partial charge in [0, 0.05) is 37.3 Å². The van der Waals surface area contributed by atoms with Crippen LogP contribution in [0.25, 0.3) is 32.9 Å². The zero-order chi connectivity index (χ0) is 28.0. The molecule has 0 radical (unpaired) electrons. The van der Waals surface area contributed by atoms with Gasteiger partial charge in [0.15, 0.2) is 0 Å². The molecule has 9 heteroatoms. The molecular formula is C31H25ClN4O4. The van der Waals surface area contributed by atoms with Crippen LogP contribution >= 0.6 is 11.6 Å². The molecule has 6 rings (SSSR count). The lowest BCUT2D eigenvalue weighted by molar-refractivity contribution is -0.132. The highest BCUT2D eigenvalue weighted by Gasteiger charge is 2.31. The van der Waals surface area contributed by atoms with Crippen molar-refractivity contribution in [3.63, 3.8) is 0 Å². The van der Waals surface area contributed by atoms with E-state index in [1.54, 1.807) is 47.5 Å². The Labute approximate surface area is 234 Å². The molecule has 0 spiro atoms. The van der Waals surface area contributed by atoms with Gasteiger partial charge in [0.25, 0.3) is 0 Å². The minimum absolute atomic E-state index is 0.00399. The fourth-order valence-electron chi connectivity index (χ4n) is 5.40. The molecule has 0 aliphatic carbocycles. The Morgan fingerprint density at radius 2 is 1.70 bits per heavy atom. The molecule has 8 nitrogen and oxygen atoms in total. The van der Waals surface area contributed by atoms with E-state index in [1.165, 1.54) is 15.2 Å². The number of hydrogen-bond donors (Lipinski definition) is 1. The van der Waals surface area contributed by atoms with Crippen LogP contribution in [0.4, 0.5) is 0 Å². The number of pyridine rings is 1. The lowest BCUT2D eigenvalue weighted by atomic mass is 9.96. The number of carbonyl (C=O) groups is 1. The molecule has 200 valence electrons. The van der Waals surface area contributed by atoms with Gasteiger partial charge in [0.2, 0.25) is 5.91 Å². The van der Waals surface area contributed by atoms with Gasteiger partial charge in [0.1, 0.15) is 5.75 Å². The van der Waals surface area contributed by atoms with Gasteiger partial charge in [-0.15, -0.1) is 0 Å². The quantitative estimate of drug-likeness (QED) is 0.248. The van der Waals surface area contributed by atoms with Crippen LogP contribution < -0.4 is 11.1 Å². The van der Waals surface area contributed by atoms with E-state index in [9.17, 15) is 19.5 Å². The molecule has 1 aliphatic heterocycles. The van der Waals surface area contributed by atoms with Crippen LogP contribution in [0, 0.1) is 5.92 Å². The second-order valence-electron chi connectivity index (χ2n) is 9.98. The lowest BCUT2D eigenvalue weighted by Crippen LogP contribution is -2.52. The molecule has 5 aromatic rings. The Morgan fingerprint density at radius 3 is 2.45 bits per heavy atom. The van der Waals surface area contributed by atoms with Crippen molar-refractivity contribution >= 4 is 39.3 Å². The number of benzene rings is 3. The number of aromatic hydroxyl groups is 1. The largest absolute Gasteiger partial charge is 0.508 e. The standard InChI is InChI=1S/C31H25ClN4O4/c1-2-29(38)34-15-19(16-34)17-35-28-14-26(32)25(24-12-22(37)11-20-7-3-4-9-23(20)24)13-27(28)36(31(40)30(35)39)18-21-8-5-6-10-33-21/h2-14,19,37H,1,15-18H2. The molecule has 3 aromatic carbocycles.